The predicted molar refractivity (Wildman–Crippen MR) is 221 cm³/mol. The van der Waals surface area contributed by atoms with Crippen molar-refractivity contribution in [2.75, 3.05) is 33.7 Å². The topological polar surface area (TPSA) is 171 Å². The Morgan fingerprint density at radius 3 is 1.77 bits per heavy atom. The van der Waals surface area contributed by atoms with Crippen LogP contribution in [-0.2, 0) is 9.59 Å². The van der Waals surface area contributed by atoms with Crippen LogP contribution in [-0.4, -0.2) is 99.5 Å². The zero-order chi connectivity index (χ0) is 40.8. The molecule has 0 radical (unpaired) electrons. The zero-order valence-electron chi connectivity index (χ0n) is 33.3. The molecule has 8 heterocycles. The van der Waals surface area contributed by atoms with Crippen LogP contribution in [0.15, 0.2) is 86.2 Å². The van der Waals surface area contributed by atoms with Gasteiger partial charge in [0.2, 0.25) is 23.0 Å². The van der Waals surface area contributed by atoms with Gasteiger partial charge in [-0.25, -0.2) is 19.9 Å². The van der Waals surface area contributed by atoms with Crippen molar-refractivity contribution in [2.45, 2.75) is 78.6 Å². The second-order valence-electron chi connectivity index (χ2n) is 13.9. The summed E-state index contributed by atoms with van der Waals surface area (Å²) >= 11 is 5.87. The number of anilines is 4. The van der Waals surface area contributed by atoms with Crippen LogP contribution >= 0.6 is 11.6 Å². The Balaban J connectivity index is 0.000000161. The highest BCUT2D eigenvalue weighted by Crippen LogP contribution is 2.37. The minimum absolute atomic E-state index is 0.0683. The number of aromatic amines is 1. The highest BCUT2D eigenvalue weighted by atomic mass is 35.5. The van der Waals surface area contributed by atoms with Crippen molar-refractivity contribution in [3.63, 3.8) is 0 Å². The number of amides is 2. The van der Waals surface area contributed by atoms with Gasteiger partial charge in [0, 0.05) is 86.9 Å². The zero-order valence-corrected chi connectivity index (χ0v) is 34.1. The Bertz CT molecular complexity index is 2270. The molecule has 57 heavy (non-hydrogen) atoms. The van der Waals surface area contributed by atoms with E-state index in [4.69, 9.17) is 16.6 Å². The predicted octanol–water partition coefficient (Wildman–Crippen LogP) is 6.27. The van der Waals surface area contributed by atoms with Gasteiger partial charge in [-0.1, -0.05) is 13.8 Å². The summed E-state index contributed by atoms with van der Waals surface area (Å²) in [6, 6.07) is 7.55. The lowest BCUT2D eigenvalue weighted by atomic mass is 10.1. The number of pyridine rings is 2. The summed E-state index contributed by atoms with van der Waals surface area (Å²) in [6.07, 6.45) is 18.8. The van der Waals surface area contributed by atoms with Crippen LogP contribution in [0.4, 0.5) is 23.0 Å². The second kappa shape index (κ2) is 17.7. The number of carbonyl (C=O) groups excluding carboxylic acids is 2. The third kappa shape index (κ3) is 8.31. The minimum Gasteiger partial charge on any atom is -0.345 e. The van der Waals surface area contributed by atoms with Gasteiger partial charge in [-0.15, -0.1) is 0 Å². The Morgan fingerprint density at radius 1 is 0.702 bits per heavy atom. The quantitative estimate of drug-likeness (QED) is 0.180. The fourth-order valence-electron chi connectivity index (χ4n) is 6.94. The van der Waals surface area contributed by atoms with Gasteiger partial charge in [-0.2, -0.15) is 9.97 Å². The number of carbonyl (C=O) groups is 2. The summed E-state index contributed by atoms with van der Waals surface area (Å²) < 4.78 is 1.84. The molecule has 16 nitrogen and oxygen atoms in total. The minimum atomic E-state index is -0.235. The number of hydrogen-bond acceptors (Lipinski definition) is 12. The summed E-state index contributed by atoms with van der Waals surface area (Å²) in [7, 11) is 3.53. The smallest absolute Gasteiger partial charge is 0.249 e. The monoisotopic (exact) mass is 790 g/mol. The van der Waals surface area contributed by atoms with Gasteiger partial charge in [0.1, 0.15) is 35.1 Å². The molecule has 296 valence electrons. The van der Waals surface area contributed by atoms with Crippen molar-refractivity contribution < 1.29 is 9.59 Å². The highest BCUT2D eigenvalue weighted by molar-refractivity contribution is 6.28. The number of fused-ring (bicyclic) bond motifs is 2. The lowest BCUT2D eigenvalue weighted by Gasteiger charge is -2.42. The molecule has 2 amide bonds. The van der Waals surface area contributed by atoms with E-state index in [0.717, 1.165) is 46.5 Å². The number of H-pyrrole nitrogens is 1. The number of rotatable bonds is 7. The SMILES string of the molecule is CC[C@@H]1C(=O)N(C)c2cnc(-n3ccnc3-c3cccnc3)nc2N1C(C)C.CC[C@@H]1C(=O)N(C)c2cnc(Cl)nc2N1C(C)C.c1cncc(-c2ncc[nH]2)c1. The average molecular weight is 791 g/mol. The van der Waals surface area contributed by atoms with E-state index in [1.807, 2.05) is 67.6 Å². The van der Waals surface area contributed by atoms with E-state index >= 15 is 0 Å². The first-order valence-corrected chi connectivity index (χ1v) is 19.2. The molecular weight excluding hydrogens is 744 g/mol. The third-order valence-electron chi connectivity index (χ3n) is 9.67. The van der Waals surface area contributed by atoms with E-state index < -0.39 is 0 Å². The van der Waals surface area contributed by atoms with Crippen LogP contribution in [0, 0.1) is 0 Å². The molecule has 6 aromatic rings. The van der Waals surface area contributed by atoms with Gasteiger partial charge in [0.15, 0.2) is 11.6 Å². The maximum absolute atomic E-state index is 12.8. The Morgan fingerprint density at radius 2 is 1.26 bits per heavy atom. The standard InChI is InChI=1S/C20H23N7O.C12H17ClN4O.C8H7N3/c1-5-15-19(28)25(4)16-12-23-20(24-18(16)27(15)13(2)3)26-10-9-22-17(26)14-7-6-8-21-11-14;1-5-8-11(18)16(4)9-6-14-12(13)15-10(9)17(8)7(2)3;1-2-7(6-9-3-1)8-10-4-5-11-8/h6-13,15H,5H2,1-4H3;6-8H,5H2,1-4H3;1-6H,(H,10,11)/t15-;8-;/m11./s1. The number of halogens is 1. The largest absolute Gasteiger partial charge is 0.345 e. The van der Waals surface area contributed by atoms with E-state index in [0.29, 0.717) is 18.1 Å². The van der Waals surface area contributed by atoms with Gasteiger partial charge in [0.25, 0.3) is 0 Å². The van der Waals surface area contributed by atoms with Crippen LogP contribution in [0.25, 0.3) is 28.7 Å². The maximum atomic E-state index is 12.8. The molecule has 0 saturated carbocycles. The second-order valence-corrected chi connectivity index (χ2v) is 14.3. The van der Waals surface area contributed by atoms with Gasteiger partial charge in [0.05, 0.1) is 12.4 Å². The summed E-state index contributed by atoms with van der Waals surface area (Å²) in [4.78, 5) is 69.8. The molecular formula is C40H47ClN14O2. The van der Waals surface area contributed by atoms with Crippen molar-refractivity contribution in [1.29, 1.82) is 0 Å². The van der Waals surface area contributed by atoms with Crippen LogP contribution in [0.3, 0.4) is 0 Å². The van der Waals surface area contributed by atoms with E-state index in [9.17, 15) is 9.59 Å². The lowest BCUT2D eigenvalue weighted by Crippen LogP contribution is -2.55. The lowest BCUT2D eigenvalue weighted by molar-refractivity contribution is -0.120. The molecule has 0 bridgehead atoms. The van der Waals surface area contributed by atoms with Crippen molar-refractivity contribution in [3.8, 4) is 28.7 Å². The molecule has 2 aliphatic rings. The normalized spacial score (nSPS) is 16.2. The number of nitrogens with zero attached hydrogens (tertiary/aromatic N) is 13. The summed E-state index contributed by atoms with van der Waals surface area (Å²) in [5.41, 5.74) is 3.32. The Hall–Kier alpha value is -6.29. The first-order chi connectivity index (χ1) is 27.5. The highest BCUT2D eigenvalue weighted by Gasteiger charge is 2.39. The van der Waals surface area contributed by atoms with Gasteiger partial charge in [-0.05, 0) is 76.4 Å². The fourth-order valence-corrected chi connectivity index (χ4v) is 7.07. The van der Waals surface area contributed by atoms with Gasteiger partial charge >= 0.3 is 0 Å². The Kier molecular flexibility index (Phi) is 12.5. The summed E-state index contributed by atoms with van der Waals surface area (Å²) in [5, 5.41) is 0.206. The van der Waals surface area contributed by atoms with Gasteiger partial charge in [-0.3, -0.25) is 24.1 Å². The molecule has 6 aromatic heterocycles. The number of imidazole rings is 2. The molecule has 1 N–H and O–H groups in total. The first kappa shape index (κ1) is 40.4. The first-order valence-electron chi connectivity index (χ1n) is 18.8. The molecule has 2 atom stereocenters. The summed E-state index contributed by atoms with van der Waals surface area (Å²) in [5.74, 6) is 3.73. The van der Waals surface area contributed by atoms with Crippen LogP contribution in [0.2, 0.25) is 5.28 Å². The van der Waals surface area contributed by atoms with Gasteiger partial charge < -0.3 is 24.6 Å². The fraction of sp³-hybridized carbons (Fsp3) is 0.350. The van der Waals surface area contributed by atoms with E-state index in [2.05, 4.69) is 58.6 Å². The molecule has 0 spiro atoms. The average Bonchev–Trinajstić information content (AvgIpc) is 3.95. The van der Waals surface area contributed by atoms with Crippen LogP contribution in [0.5, 0.6) is 0 Å². The number of likely N-dealkylation sites (N-methyl/N-ethyl adjacent to an activating group) is 2. The van der Waals surface area contributed by atoms with Crippen LogP contribution < -0.4 is 19.6 Å². The number of nitrogens with one attached hydrogen (secondary N) is 1. The molecule has 17 heteroatoms. The van der Waals surface area contributed by atoms with Crippen molar-refractivity contribution in [3.05, 3.63) is 91.5 Å². The molecule has 8 rings (SSSR count). The third-order valence-corrected chi connectivity index (χ3v) is 9.85. The molecule has 0 aromatic carbocycles. The maximum Gasteiger partial charge on any atom is 0.249 e. The van der Waals surface area contributed by atoms with Crippen molar-refractivity contribution >= 4 is 46.4 Å². The van der Waals surface area contributed by atoms with E-state index in [-0.39, 0.29) is 41.3 Å². The molecule has 0 unspecified atom stereocenters. The van der Waals surface area contributed by atoms with Crippen molar-refractivity contribution in [1.82, 2.24) is 49.4 Å². The number of aromatic nitrogens is 10. The molecule has 0 saturated heterocycles. The molecule has 0 aliphatic carbocycles. The molecule has 2 aliphatic heterocycles. The summed E-state index contributed by atoms with van der Waals surface area (Å²) in [6.45, 7) is 12.3. The van der Waals surface area contributed by atoms with Crippen molar-refractivity contribution in [2.24, 2.45) is 0 Å². The van der Waals surface area contributed by atoms with Crippen LogP contribution in [0.1, 0.15) is 54.4 Å². The number of hydrogen-bond donors (Lipinski definition) is 1. The Labute approximate surface area is 337 Å². The molecule has 0 fully saturated rings. The van der Waals surface area contributed by atoms with E-state index in [1.54, 1.807) is 79.7 Å². The van der Waals surface area contributed by atoms with E-state index in [1.165, 1.54) is 0 Å².